The molecule has 1 aromatic heterocycles. The minimum absolute atomic E-state index is 0.277. The second kappa shape index (κ2) is 9.89. The van der Waals surface area contributed by atoms with Gasteiger partial charge in [0, 0.05) is 17.9 Å². The number of amides is 1. The molecule has 0 bridgehead atoms. The Hall–Kier alpha value is -2.87. The van der Waals surface area contributed by atoms with E-state index >= 15 is 0 Å². The number of aromatic amines is 1. The maximum absolute atomic E-state index is 12.7. The van der Waals surface area contributed by atoms with Crippen LogP contribution < -0.4 is 15.4 Å². The van der Waals surface area contributed by atoms with Crippen LogP contribution in [0.15, 0.2) is 29.4 Å². The predicted molar refractivity (Wildman–Crippen MR) is 108 cm³/mol. The van der Waals surface area contributed by atoms with Crippen molar-refractivity contribution in [3.05, 3.63) is 41.2 Å². The van der Waals surface area contributed by atoms with Gasteiger partial charge >= 0.3 is 0 Å². The van der Waals surface area contributed by atoms with Crippen LogP contribution in [0.4, 0.5) is 5.69 Å². The van der Waals surface area contributed by atoms with Crippen molar-refractivity contribution in [1.82, 2.24) is 15.5 Å². The molecule has 1 heterocycles. The standard InChI is InChI=1S/C20H27N5O3/c1-3-11-21-12-13-28-15-9-7-14(8-10-15)22-20(26)19-18-16(23-24-19)5-4-6-17(18)25-27-2/h7-10,21H,3-6,11-13H2,1-2H3,(H,22,26)(H,23,24). The average Bonchev–Trinajstić information content (AvgIpc) is 3.15. The molecule has 0 spiro atoms. The van der Waals surface area contributed by atoms with Crippen molar-refractivity contribution in [2.75, 3.05) is 32.1 Å². The van der Waals surface area contributed by atoms with Gasteiger partial charge in [0.25, 0.3) is 5.91 Å². The van der Waals surface area contributed by atoms with Gasteiger partial charge < -0.3 is 20.2 Å². The zero-order chi connectivity index (χ0) is 19.8. The van der Waals surface area contributed by atoms with E-state index in [0.29, 0.717) is 18.0 Å². The number of carbonyl (C=O) groups excluding carboxylic acids is 1. The molecule has 1 amide bonds. The molecule has 150 valence electrons. The van der Waals surface area contributed by atoms with Crippen LogP contribution >= 0.6 is 0 Å². The molecule has 0 unspecified atom stereocenters. The molecule has 0 aliphatic heterocycles. The first-order valence-corrected chi connectivity index (χ1v) is 9.65. The van der Waals surface area contributed by atoms with Crippen LogP contribution in [-0.4, -0.2) is 48.6 Å². The van der Waals surface area contributed by atoms with Gasteiger partial charge in [-0.05, 0) is 56.5 Å². The Labute approximate surface area is 164 Å². The maximum Gasteiger partial charge on any atom is 0.276 e. The second-order valence-corrected chi connectivity index (χ2v) is 6.58. The molecule has 28 heavy (non-hydrogen) atoms. The molecule has 3 N–H and O–H groups in total. The van der Waals surface area contributed by atoms with E-state index in [1.54, 1.807) is 0 Å². The summed E-state index contributed by atoms with van der Waals surface area (Å²) in [6, 6.07) is 7.31. The third-order valence-corrected chi connectivity index (χ3v) is 4.47. The number of aromatic nitrogens is 2. The Kier molecular flexibility index (Phi) is 7.02. The van der Waals surface area contributed by atoms with E-state index in [2.05, 4.69) is 32.9 Å². The summed E-state index contributed by atoms with van der Waals surface area (Å²) in [6.45, 7) is 4.53. The summed E-state index contributed by atoms with van der Waals surface area (Å²) in [6.07, 6.45) is 3.66. The largest absolute Gasteiger partial charge is 0.492 e. The highest BCUT2D eigenvalue weighted by Crippen LogP contribution is 2.24. The van der Waals surface area contributed by atoms with Gasteiger partial charge in [-0.2, -0.15) is 5.10 Å². The highest BCUT2D eigenvalue weighted by atomic mass is 16.6. The first kappa shape index (κ1) is 19.9. The molecule has 3 rings (SSSR count). The summed E-state index contributed by atoms with van der Waals surface area (Å²) in [5.74, 6) is 0.489. The third-order valence-electron chi connectivity index (χ3n) is 4.47. The lowest BCUT2D eigenvalue weighted by molar-refractivity contribution is 0.102. The van der Waals surface area contributed by atoms with Gasteiger partial charge in [-0.3, -0.25) is 9.89 Å². The number of nitrogens with zero attached hydrogens (tertiary/aromatic N) is 2. The van der Waals surface area contributed by atoms with Crippen LogP contribution in [-0.2, 0) is 11.3 Å². The van der Waals surface area contributed by atoms with Crippen LogP contribution in [0, 0.1) is 0 Å². The number of oxime groups is 1. The number of hydrogen-bond donors (Lipinski definition) is 3. The summed E-state index contributed by atoms with van der Waals surface area (Å²) in [7, 11) is 1.50. The number of aryl methyl sites for hydroxylation is 1. The van der Waals surface area contributed by atoms with E-state index in [-0.39, 0.29) is 5.91 Å². The molecule has 8 nitrogen and oxygen atoms in total. The van der Waals surface area contributed by atoms with E-state index in [1.165, 1.54) is 7.11 Å². The van der Waals surface area contributed by atoms with E-state index in [9.17, 15) is 4.79 Å². The van der Waals surface area contributed by atoms with Crippen LogP contribution in [0.25, 0.3) is 0 Å². The number of nitrogens with one attached hydrogen (secondary N) is 3. The lowest BCUT2D eigenvalue weighted by atomic mass is 9.93. The van der Waals surface area contributed by atoms with Gasteiger partial charge in [-0.1, -0.05) is 12.1 Å². The second-order valence-electron chi connectivity index (χ2n) is 6.58. The molecule has 0 saturated heterocycles. The molecule has 1 aliphatic rings. The van der Waals surface area contributed by atoms with Crippen LogP contribution in [0.3, 0.4) is 0 Å². The highest BCUT2D eigenvalue weighted by Gasteiger charge is 2.27. The first-order valence-electron chi connectivity index (χ1n) is 9.65. The molecule has 8 heteroatoms. The zero-order valence-electron chi connectivity index (χ0n) is 16.4. The number of benzene rings is 1. The third kappa shape index (κ3) is 4.89. The fraction of sp³-hybridized carbons (Fsp3) is 0.450. The molecule has 1 aliphatic carbocycles. The lowest BCUT2D eigenvalue weighted by Crippen LogP contribution is -2.21. The fourth-order valence-corrected chi connectivity index (χ4v) is 3.16. The minimum Gasteiger partial charge on any atom is -0.492 e. The summed E-state index contributed by atoms with van der Waals surface area (Å²) >= 11 is 0. The Bertz CT molecular complexity index is 814. The van der Waals surface area contributed by atoms with Crippen molar-refractivity contribution in [2.45, 2.75) is 32.6 Å². The number of carbonyl (C=O) groups is 1. The molecule has 0 atom stereocenters. The van der Waals surface area contributed by atoms with Crippen molar-refractivity contribution >= 4 is 17.3 Å². The number of anilines is 1. The van der Waals surface area contributed by atoms with Crippen LogP contribution in [0.5, 0.6) is 5.75 Å². The van der Waals surface area contributed by atoms with Gasteiger partial charge in [0.2, 0.25) is 0 Å². The highest BCUT2D eigenvalue weighted by molar-refractivity contribution is 6.14. The summed E-state index contributed by atoms with van der Waals surface area (Å²) in [4.78, 5) is 17.6. The van der Waals surface area contributed by atoms with E-state index in [1.807, 2.05) is 24.3 Å². The van der Waals surface area contributed by atoms with E-state index < -0.39 is 0 Å². The smallest absolute Gasteiger partial charge is 0.276 e. The van der Waals surface area contributed by atoms with Gasteiger partial charge in [0.05, 0.1) is 11.3 Å². The molecule has 0 radical (unpaired) electrons. The molecular formula is C20H27N5O3. The predicted octanol–water partition coefficient (Wildman–Crippen LogP) is 2.73. The quantitative estimate of drug-likeness (QED) is 0.455. The summed E-state index contributed by atoms with van der Waals surface area (Å²) < 4.78 is 5.68. The zero-order valence-corrected chi connectivity index (χ0v) is 16.4. The summed E-state index contributed by atoms with van der Waals surface area (Å²) in [5, 5.41) is 17.4. The topological polar surface area (TPSA) is 101 Å². The first-order chi connectivity index (χ1) is 13.7. The Morgan fingerprint density at radius 2 is 2.07 bits per heavy atom. The number of ether oxygens (including phenoxy) is 1. The average molecular weight is 385 g/mol. The molecule has 1 aromatic carbocycles. The van der Waals surface area contributed by atoms with Crippen molar-refractivity contribution in [3.63, 3.8) is 0 Å². The van der Waals surface area contributed by atoms with Crippen molar-refractivity contribution < 1.29 is 14.4 Å². The number of rotatable bonds is 9. The maximum atomic E-state index is 12.7. The van der Waals surface area contributed by atoms with Gasteiger partial charge in [-0.25, -0.2) is 0 Å². The number of hydrogen-bond acceptors (Lipinski definition) is 6. The molecule has 2 aromatic rings. The SMILES string of the molecule is CCCNCCOc1ccc(NC(=O)c2n[nH]c3c2C(=NOC)CCC3)cc1. The van der Waals surface area contributed by atoms with E-state index in [4.69, 9.17) is 9.57 Å². The normalized spacial score (nSPS) is 14.6. The molecule has 0 saturated carbocycles. The van der Waals surface area contributed by atoms with E-state index in [0.717, 1.165) is 61.5 Å². The van der Waals surface area contributed by atoms with Crippen molar-refractivity contribution in [2.24, 2.45) is 5.16 Å². The van der Waals surface area contributed by atoms with Gasteiger partial charge in [-0.15, -0.1) is 0 Å². The minimum atomic E-state index is -0.277. The van der Waals surface area contributed by atoms with Gasteiger partial charge in [0.15, 0.2) is 5.69 Å². The van der Waals surface area contributed by atoms with Crippen molar-refractivity contribution in [3.8, 4) is 5.75 Å². The lowest BCUT2D eigenvalue weighted by Gasteiger charge is -2.13. The Balaban J connectivity index is 1.61. The molecule has 0 fully saturated rings. The van der Waals surface area contributed by atoms with Gasteiger partial charge in [0.1, 0.15) is 19.5 Å². The monoisotopic (exact) mass is 385 g/mol. The van der Waals surface area contributed by atoms with Crippen molar-refractivity contribution in [1.29, 1.82) is 0 Å². The number of H-pyrrole nitrogens is 1. The van der Waals surface area contributed by atoms with Crippen LogP contribution in [0.1, 0.15) is 47.9 Å². The fourth-order valence-electron chi connectivity index (χ4n) is 3.16. The Morgan fingerprint density at radius 3 is 2.82 bits per heavy atom. The van der Waals surface area contributed by atoms with Crippen LogP contribution in [0.2, 0.25) is 0 Å². The number of fused-ring (bicyclic) bond motifs is 1. The Morgan fingerprint density at radius 1 is 1.25 bits per heavy atom. The molecular weight excluding hydrogens is 358 g/mol. The summed E-state index contributed by atoms with van der Waals surface area (Å²) in [5.41, 5.74) is 3.45.